The molecule has 2 unspecified atom stereocenters. The largest absolute Gasteiger partial charge is 0.493 e. The summed E-state index contributed by atoms with van der Waals surface area (Å²) in [5, 5.41) is 0. The summed E-state index contributed by atoms with van der Waals surface area (Å²) in [6.45, 7) is 5.98. The molecule has 0 saturated heterocycles. The van der Waals surface area contributed by atoms with Crippen LogP contribution in [0.5, 0.6) is 5.75 Å². The molecular weight excluding hydrogens is 236 g/mol. The number of para-hydroxylation sites is 1. The van der Waals surface area contributed by atoms with E-state index in [9.17, 15) is 0 Å². The van der Waals surface area contributed by atoms with Gasteiger partial charge in [0.2, 0.25) is 0 Å². The zero-order valence-electron chi connectivity index (χ0n) is 12.1. The molecule has 0 spiro atoms. The number of nitrogens with zero attached hydrogens (tertiary/aromatic N) is 1. The first-order valence-corrected chi connectivity index (χ1v) is 7.30. The van der Waals surface area contributed by atoms with E-state index in [4.69, 9.17) is 10.5 Å². The molecule has 0 heterocycles. The van der Waals surface area contributed by atoms with Crippen molar-refractivity contribution in [2.45, 2.75) is 26.3 Å². The van der Waals surface area contributed by atoms with Crippen molar-refractivity contribution in [3.8, 4) is 5.75 Å². The Morgan fingerprint density at radius 3 is 2.79 bits per heavy atom. The first-order chi connectivity index (χ1) is 9.20. The fourth-order valence-electron chi connectivity index (χ4n) is 2.47. The highest BCUT2D eigenvalue weighted by Crippen LogP contribution is 2.37. The topological polar surface area (TPSA) is 38.5 Å². The number of benzene rings is 1. The van der Waals surface area contributed by atoms with E-state index in [2.05, 4.69) is 18.9 Å². The molecule has 2 N–H and O–H groups in total. The second-order valence-electron chi connectivity index (χ2n) is 5.75. The van der Waals surface area contributed by atoms with E-state index in [1.165, 1.54) is 13.0 Å². The number of hydrogen-bond donors (Lipinski definition) is 1. The fraction of sp³-hybridized carbons (Fsp3) is 0.625. The fourth-order valence-corrected chi connectivity index (χ4v) is 2.47. The van der Waals surface area contributed by atoms with E-state index in [0.29, 0.717) is 6.54 Å². The van der Waals surface area contributed by atoms with Crippen LogP contribution in [0.3, 0.4) is 0 Å². The van der Waals surface area contributed by atoms with Crippen molar-refractivity contribution in [1.29, 1.82) is 0 Å². The normalized spacial score (nSPS) is 21.7. The maximum Gasteiger partial charge on any atom is 0.123 e. The van der Waals surface area contributed by atoms with Crippen LogP contribution >= 0.6 is 0 Å². The van der Waals surface area contributed by atoms with Crippen molar-refractivity contribution in [1.82, 2.24) is 4.90 Å². The lowest BCUT2D eigenvalue weighted by molar-refractivity contribution is 0.254. The molecular formula is C16H26N2O. The highest BCUT2D eigenvalue weighted by molar-refractivity contribution is 5.32. The van der Waals surface area contributed by atoms with E-state index in [1.807, 2.05) is 24.3 Å². The molecule has 1 aromatic carbocycles. The van der Waals surface area contributed by atoms with Crippen LogP contribution < -0.4 is 10.5 Å². The predicted molar refractivity (Wildman–Crippen MR) is 79.2 cm³/mol. The molecule has 0 aromatic heterocycles. The van der Waals surface area contributed by atoms with E-state index < -0.39 is 0 Å². The molecule has 1 fully saturated rings. The summed E-state index contributed by atoms with van der Waals surface area (Å²) in [6.07, 6.45) is 2.47. The van der Waals surface area contributed by atoms with Gasteiger partial charge in [-0.25, -0.2) is 0 Å². The average molecular weight is 262 g/mol. The SMILES string of the molecule is CC1CC1CN(C)CCCOc1ccccc1CN. The maximum atomic E-state index is 5.81. The minimum Gasteiger partial charge on any atom is -0.493 e. The molecule has 3 heteroatoms. The Morgan fingerprint density at radius 1 is 1.37 bits per heavy atom. The first-order valence-electron chi connectivity index (χ1n) is 7.30. The molecule has 1 saturated carbocycles. The van der Waals surface area contributed by atoms with Gasteiger partial charge in [0.15, 0.2) is 0 Å². The van der Waals surface area contributed by atoms with Crippen molar-refractivity contribution in [2.75, 3.05) is 26.7 Å². The number of ether oxygens (including phenoxy) is 1. The summed E-state index contributed by atoms with van der Waals surface area (Å²) in [7, 11) is 2.21. The van der Waals surface area contributed by atoms with Crippen molar-refractivity contribution >= 4 is 0 Å². The third-order valence-electron chi connectivity index (χ3n) is 3.96. The number of hydrogen-bond acceptors (Lipinski definition) is 3. The van der Waals surface area contributed by atoms with Gasteiger partial charge in [-0.05, 0) is 37.8 Å². The summed E-state index contributed by atoms with van der Waals surface area (Å²) in [5.74, 6) is 2.81. The minimum absolute atomic E-state index is 0.537. The molecule has 19 heavy (non-hydrogen) atoms. The quantitative estimate of drug-likeness (QED) is 0.732. The van der Waals surface area contributed by atoms with Gasteiger partial charge in [-0.1, -0.05) is 25.1 Å². The highest BCUT2D eigenvalue weighted by atomic mass is 16.5. The summed E-state index contributed by atoms with van der Waals surface area (Å²) in [6, 6.07) is 8.02. The monoisotopic (exact) mass is 262 g/mol. The van der Waals surface area contributed by atoms with Gasteiger partial charge in [-0.3, -0.25) is 0 Å². The van der Waals surface area contributed by atoms with E-state index >= 15 is 0 Å². The van der Waals surface area contributed by atoms with Gasteiger partial charge in [0.1, 0.15) is 5.75 Å². The molecule has 1 aliphatic carbocycles. The third-order valence-corrected chi connectivity index (χ3v) is 3.96. The lowest BCUT2D eigenvalue weighted by atomic mass is 10.2. The lowest BCUT2D eigenvalue weighted by Gasteiger charge is -2.17. The van der Waals surface area contributed by atoms with Crippen LogP contribution in [0.2, 0.25) is 0 Å². The second kappa shape index (κ2) is 6.92. The predicted octanol–water partition coefficient (Wildman–Crippen LogP) is 2.50. The van der Waals surface area contributed by atoms with Gasteiger partial charge in [0, 0.05) is 25.2 Å². The van der Waals surface area contributed by atoms with E-state index in [1.54, 1.807) is 0 Å². The number of rotatable bonds is 8. The van der Waals surface area contributed by atoms with Crippen LogP contribution in [-0.2, 0) is 6.54 Å². The van der Waals surface area contributed by atoms with Gasteiger partial charge in [-0.15, -0.1) is 0 Å². The Kier molecular flexibility index (Phi) is 5.23. The Morgan fingerprint density at radius 2 is 2.11 bits per heavy atom. The first kappa shape index (κ1) is 14.4. The van der Waals surface area contributed by atoms with Gasteiger partial charge < -0.3 is 15.4 Å². The van der Waals surface area contributed by atoms with Crippen LogP contribution in [-0.4, -0.2) is 31.6 Å². The lowest BCUT2D eigenvalue weighted by Crippen LogP contribution is -2.24. The zero-order valence-corrected chi connectivity index (χ0v) is 12.1. The average Bonchev–Trinajstić information content (AvgIpc) is 3.10. The standard InChI is InChI=1S/C16H26N2O/c1-13-10-15(13)12-18(2)8-5-9-19-16-7-4-3-6-14(16)11-17/h3-4,6-7,13,15H,5,8-12,17H2,1-2H3. The van der Waals surface area contributed by atoms with Crippen LogP contribution in [0.1, 0.15) is 25.3 Å². The molecule has 0 amide bonds. The molecule has 0 bridgehead atoms. The van der Waals surface area contributed by atoms with Crippen LogP contribution in [0.15, 0.2) is 24.3 Å². The molecule has 0 aliphatic heterocycles. The molecule has 2 rings (SSSR count). The number of nitrogens with two attached hydrogens (primary N) is 1. The van der Waals surface area contributed by atoms with Crippen molar-refractivity contribution in [3.63, 3.8) is 0 Å². The second-order valence-corrected chi connectivity index (χ2v) is 5.75. The molecule has 1 aliphatic rings. The van der Waals surface area contributed by atoms with Gasteiger partial charge >= 0.3 is 0 Å². The smallest absolute Gasteiger partial charge is 0.123 e. The summed E-state index contributed by atoms with van der Waals surface area (Å²) in [5.41, 5.74) is 6.78. The van der Waals surface area contributed by atoms with Crippen molar-refractivity contribution in [2.24, 2.45) is 17.6 Å². The van der Waals surface area contributed by atoms with Crippen molar-refractivity contribution in [3.05, 3.63) is 29.8 Å². The summed E-state index contributed by atoms with van der Waals surface area (Å²) < 4.78 is 5.81. The molecule has 2 atom stereocenters. The Hall–Kier alpha value is -1.06. The summed E-state index contributed by atoms with van der Waals surface area (Å²) >= 11 is 0. The van der Waals surface area contributed by atoms with Gasteiger partial charge in [0.05, 0.1) is 6.61 Å². The molecule has 3 nitrogen and oxygen atoms in total. The van der Waals surface area contributed by atoms with Gasteiger partial charge in [-0.2, -0.15) is 0 Å². The third kappa shape index (κ3) is 4.51. The Balaban J connectivity index is 1.63. The van der Waals surface area contributed by atoms with E-state index in [-0.39, 0.29) is 0 Å². The molecule has 106 valence electrons. The summed E-state index contributed by atoms with van der Waals surface area (Å²) in [4.78, 5) is 2.42. The Bertz CT molecular complexity index is 394. The molecule has 0 radical (unpaired) electrons. The zero-order chi connectivity index (χ0) is 13.7. The highest BCUT2D eigenvalue weighted by Gasteiger charge is 2.32. The van der Waals surface area contributed by atoms with Crippen LogP contribution in [0.4, 0.5) is 0 Å². The Labute approximate surface area is 116 Å². The van der Waals surface area contributed by atoms with Crippen LogP contribution in [0.25, 0.3) is 0 Å². The van der Waals surface area contributed by atoms with E-state index in [0.717, 1.165) is 42.7 Å². The molecule has 1 aromatic rings. The van der Waals surface area contributed by atoms with Crippen LogP contribution in [0, 0.1) is 11.8 Å². The van der Waals surface area contributed by atoms with Gasteiger partial charge in [0.25, 0.3) is 0 Å². The van der Waals surface area contributed by atoms with Crippen molar-refractivity contribution < 1.29 is 4.74 Å². The minimum atomic E-state index is 0.537. The maximum absolute atomic E-state index is 5.81.